The Morgan fingerprint density at radius 1 is 1.32 bits per heavy atom. The molecule has 0 fully saturated rings. The quantitative estimate of drug-likeness (QED) is 0.406. The Labute approximate surface area is 163 Å². The topological polar surface area (TPSA) is 140 Å². The van der Waals surface area contributed by atoms with Crippen LogP contribution in [-0.2, 0) is 32.6 Å². The highest BCUT2D eigenvalue weighted by Crippen LogP contribution is 2.23. The standard InChI is InChI=1S/C17H20BN3O6S/c1-2-26-17(22)20-9-12-7-13(19)4-6-16(12)28(24,25)21-14-5-3-11-10-27-18(23)15(11)8-14/h3-8,21,23H,2,9-10,19H2,1H3,(H,20,22). The number of rotatable bonds is 6. The van der Waals surface area contributed by atoms with Crippen LogP contribution in [0.3, 0.4) is 0 Å². The maximum atomic E-state index is 12.9. The number of fused-ring (bicyclic) bond motifs is 1. The van der Waals surface area contributed by atoms with Gasteiger partial charge in [0.05, 0.1) is 18.1 Å². The predicted octanol–water partition coefficient (Wildman–Crippen LogP) is 0.533. The average Bonchev–Trinajstić information content (AvgIpc) is 3.00. The van der Waals surface area contributed by atoms with Crippen molar-refractivity contribution in [1.29, 1.82) is 0 Å². The zero-order valence-electron chi connectivity index (χ0n) is 15.1. The van der Waals surface area contributed by atoms with E-state index in [-0.39, 0.29) is 30.3 Å². The van der Waals surface area contributed by atoms with Crippen molar-refractivity contribution < 1.29 is 27.6 Å². The van der Waals surface area contributed by atoms with E-state index in [1.165, 1.54) is 24.3 Å². The second-order valence-corrected chi connectivity index (χ2v) is 7.77. The fourth-order valence-electron chi connectivity index (χ4n) is 2.84. The first-order valence-electron chi connectivity index (χ1n) is 8.54. The molecule has 0 bridgehead atoms. The number of ether oxygens (including phenoxy) is 1. The Hall–Kier alpha value is -2.76. The number of hydrogen-bond acceptors (Lipinski definition) is 7. The van der Waals surface area contributed by atoms with Gasteiger partial charge < -0.3 is 25.5 Å². The van der Waals surface area contributed by atoms with Gasteiger partial charge in [-0.25, -0.2) is 13.2 Å². The summed E-state index contributed by atoms with van der Waals surface area (Å²) < 4.78 is 38.2. The molecule has 28 heavy (non-hydrogen) atoms. The Kier molecular flexibility index (Phi) is 5.77. The molecule has 0 aliphatic carbocycles. The normalized spacial score (nSPS) is 13.1. The van der Waals surface area contributed by atoms with E-state index in [0.717, 1.165) is 5.56 Å². The van der Waals surface area contributed by atoms with Gasteiger partial charge in [-0.15, -0.1) is 0 Å². The molecule has 1 aliphatic heterocycles. The minimum Gasteiger partial charge on any atom is -0.450 e. The zero-order chi connectivity index (χ0) is 20.3. The van der Waals surface area contributed by atoms with E-state index < -0.39 is 23.2 Å². The Bertz CT molecular complexity index is 998. The van der Waals surface area contributed by atoms with Gasteiger partial charge in [-0.1, -0.05) is 6.07 Å². The first-order valence-corrected chi connectivity index (χ1v) is 10.0. The van der Waals surface area contributed by atoms with Crippen LogP contribution in [0.15, 0.2) is 41.3 Å². The monoisotopic (exact) mass is 405 g/mol. The molecular formula is C17H20BN3O6S. The molecule has 5 N–H and O–H groups in total. The predicted molar refractivity (Wildman–Crippen MR) is 104 cm³/mol. The Balaban J connectivity index is 1.85. The van der Waals surface area contributed by atoms with Gasteiger partial charge in [0.15, 0.2) is 0 Å². The first-order chi connectivity index (χ1) is 13.3. The highest BCUT2D eigenvalue weighted by molar-refractivity contribution is 7.92. The fourth-order valence-corrected chi connectivity index (χ4v) is 4.11. The highest BCUT2D eigenvalue weighted by atomic mass is 32.2. The molecule has 11 heteroatoms. The van der Waals surface area contributed by atoms with Gasteiger partial charge in [0.25, 0.3) is 10.0 Å². The van der Waals surface area contributed by atoms with Crippen LogP contribution < -0.4 is 21.2 Å². The first kappa shape index (κ1) is 20.0. The third kappa shape index (κ3) is 4.38. The number of sulfonamides is 1. The molecule has 0 radical (unpaired) electrons. The molecule has 2 aromatic carbocycles. The summed E-state index contributed by atoms with van der Waals surface area (Å²) in [5, 5.41) is 12.3. The van der Waals surface area contributed by atoms with Crippen molar-refractivity contribution in [2.24, 2.45) is 0 Å². The summed E-state index contributed by atoms with van der Waals surface area (Å²) in [7, 11) is -5.06. The second-order valence-electron chi connectivity index (χ2n) is 6.12. The van der Waals surface area contributed by atoms with Crippen molar-refractivity contribution >= 4 is 40.1 Å². The molecule has 0 aromatic heterocycles. The summed E-state index contributed by atoms with van der Waals surface area (Å²) in [6.07, 6.45) is -0.658. The van der Waals surface area contributed by atoms with E-state index in [1.54, 1.807) is 19.1 Å². The summed E-state index contributed by atoms with van der Waals surface area (Å²) in [5.41, 5.74) is 8.02. The van der Waals surface area contributed by atoms with Crippen molar-refractivity contribution in [3.8, 4) is 0 Å². The number of nitrogens with one attached hydrogen (secondary N) is 2. The zero-order valence-corrected chi connectivity index (χ0v) is 16.0. The van der Waals surface area contributed by atoms with E-state index in [2.05, 4.69) is 10.0 Å². The number of alkyl carbamates (subject to hydrolysis) is 1. The number of benzene rings is 2. The SMILES string of the molecule is CCOC(=O)NCc1cc(N)ccc1S(=O)(=O)Nc1ccc2c(c1)B(O)OC2. The van der Waals surface area contributed by atoms with Crippen LogP contribution in [0, 0.1) is 0 Å². The van der Waals surface area contributed by atoms with Crippen molar-refractivity contribution in [1.82, 2.24) is 5.32 Å². The van der Waals surface area contributed by atoms with Gasteiger partial charge in [-0.2, -0.15) is 0 Å². The Morgan fingerprint density at radius 3 is 2.86 bits per heavy atom. The number of nitrogens with two attached hydrogens (primary N) is 1. The minimum absolute atomic E-state index is 0.0317. The van der Waals surface area contributed by atoms with E-state index in [9.17, 15) is 18.2 Å². The molecule has 0 saturated carbocycles. The summed E-state index contributed by atoms with van der Waals surface area (Å²) in [4.78, 5) is 11.5. The van der Waals surface area contributed by atoms with Crippen LogP contribution in [0.4, 0.5) is 16.2 Å². The molecule has 148 valence electrons. The molecule has 2 aromatic rings. The van der Waals surface area contributed by atoms with E-state index in [1.807, 2.05) is 0 Å². The highest BCUT2D eigenvalue weighted by Gasteiger charge is 2.28. The van der Waals surface area contributed by atoms with Crippen LogP contribution >= 0.6 is 0 Å². The lowest BCUT2D eigenvalue weighted by atomic mass is 9.79. The van der Waals surface area contributed by atoms with Crippen LogP contribution in [0.2, 0.25) is 0 Å². The van der Waals surface area contributed by atoms with Crippen molar-refractivity contribution in [3.05, 3.63) is 47.5 Å². The molecule has 0 atom stereocenters. The second kappa shape index (κ2) is 8.09. The van der Waals surface area contributed by atoms with Gasteiger partial charge in [0, 0.05) is 17.9 Å². The maximum absolute atomic E-state index is 12.9. The summed E-state index contributed by atoms with van der Waals surface area (Å²) in [5.74, 6) is 0. The van der Waals surface area contributed by atoms with Crippen molar-refractivity contribution in [2.75, 3.05) is 17.1 Å². The molecule has 1 aliphatic rings. The molecule has 0 spiro atoms. The van der Waals surface area contributed by atoms with E-state index in [0.29, 0.717) is 16.7 Å². The molecule has 1 heterocycles. The molecule has 1 amide bonds. The molecule has 9 nitrogen and oxygen atoms in total. The number of nitrogen functional groups attached to an aromatic ring is 1. The molecule has 0 saturated heterocycles. The summed E-state index contributed by atoms with van der Waals surface area (Å²) in [6.45, 7) is 2.06. The van der Waals surface area contributed by atoms with Crippen molar-refractivity contribution in [3.63, 3.8) is 0 Å². The van der Waals surface area contributed by atoms with E-state index >= 15 is 0 Å². The fraction of sp³-hybridized carbons (Fsp3) is 0.235. The maximum Gasteiger partial charge on any atom is 0.491 e. The summed E-state index contributed by atoms with van der Waals surface area (Å²) in [6, 6.07) is 9.11. The number of carbonyl (C=O) groups excluding carboxylic acids is 1. The minimum atomic E-state index is -3.98. The number of carbonyl (C=O) groups is 1. The van der Waals surface area contributed by atoms with E-state index in [4.69, 9.17) is 15.1 Å². The van der Waals surface area contributed by atoms with Gasteiger partial charge in [-0.05, 0) is 53.8 Å². The van der Waals surface area contributed by atoms with Crippen LogP contribution in [-0.4, -0.2) is 33.3 Å². The smallest absolute Gasteiger partial charge is 0.450 e. The molecule has 0 unspecified atom stereocenters. The van der Waals surface area contributed by atoms with Crippen molar-refractivity contribution in [2.45, 2.75) is 25.0 Å². The average molecular weight is 405 g/mol. The third-order valence-electron chi connectivity index (χ3n) is 4.13. The third-order valence-corrected chi connectivity index (χ3v) is 5.62. The molecular weight excluding hydrogens is 385 g/mol. The lowest BCUT2D eigenvalue weighted by molar-refractivity contribution is 0.151. The number of hydrogen-bond donors (Lipinski definition) is 4. The summed E-state index contributed by atoms with van der Waals surface area (Å²) >= 11 is 0. The Morgan fingerprint density at radius 2 is 2.11 bits per heavy atom. The number of anilines is 2. The van der Waals surface area contributed by atoms with Gasteiger partial charge in [0.1, 0.15) is 0 Å². The van der Waals surface area contributed by atoms with Crippen LogP contribution in [0.1, 0.15) is 18.1 Å². The lowest BCUT2D eigenvalue weighted by Crippen LogP contribution is -2.28. The molecule has 3 rings (SSSR count). The van der Waals surface area contributed by atoms with Gasteiger partial charge in [0.2, 0.25) is 0 Å². The van der Waals surface area contributed by atoms with Crippen LogP contribution in [0.25, 0.3) is 0 Å². The van der Waals surface area contributed by atoms with Gasteiger partial charge >= 0.3 is 13.2 Å². The van der Waals surface area contributed by atoms with Crippen LogP contribution in [0.5, 0.6) is 0 Å². The lowest BCUT2D eigenvalue weighted by Gasteiger charge is -2.14. The van der Waals surface area contributed by atoms with Gasteiger partial charge in [-0.3, -0.25) is 4.72 Å². The number of amides is 1. The largest absolute Gasteiger partial charge is 0.491 e.